The molecule has 1 aromatic carbocycles. The van der Waals surface area contributed by atoms with Crippen molar-refractivity contribution in [1.82, 2.24) is 0 Å². The molecule has 4 fully saturated rings. The molecule has 18 heavy (non-hydrogen) atoms. The van der Waals surface area contributed by atoms with E-state index in [4.69, 9.17) is 4.74 Å². The lowest BCUT2D eigenvalue weighted by Gasteiger charge is -2.58. The van der Waals surface area contributed by atoms with Crippen molar-refractivity contribution in [2.75, 3.05) is 5.32 Å². The first kappa shape index (κ1) is 9.71. The van der Waals surface area contributed by atoms with E-state index < -0.39 is 0 Å². The van der Waals surface area contributed by atoms with Crippen molar-refractivity contribution in [3.05, 3.63) is 24.3 Å². The lowest BCUT2D eigenvalue weighted by atomic mass is 9.52. The topological polar surface area (TPSA) is 21.3 Å². The van der Waals surface area contributed by atoms with Crippen LogP contribution in [0.4, 0.5) is 5.69 Å². The van der Waals surface area contributed by atoms with Gasteiger partial charge in [0.25, 0.3) is 0 Å². The Morgan fingerprint density at radius 2 is 1.61 bits per heavy atom. The molecule has 2 nitrogen and oxygen atoms in total. The standard InChI is InChI=1S/C16H19NO/c1-2-4-15-14(3-1)17-16(18-15)12-6-10-5-11(8-12)9-13(16)7-10/h1-4,10-13,17H,5-9H2. The second kappa shape index (κ2) is 3.04. The van der Waals surface area contributed by atoms with Crippen molar-refractivity contribution in [2.24, 2.45) is 23.7 Å². The van der Waals surface area contributed by atoms with Crippen LogP contribution in [0, 0.1) is 23.7 Å². The third kappa shape index (κ3) is 1.05. The molecule has 1 spiro atoms. The molecule has 6 rings (SSSR count). The molecule has 0 saturated heterocycles. The van der Waals surface area contributed by atoms with Gasteiger partial charge in [0.2, 0.25) is 0 Å². The Balaban J connectivity index is 1.58. The monoisotopic (exact) mass is 241 g/mol. The van der Waals surface area contributed by atoms with E-state index in [1.165, 1.54) is 37.8 Å². The van der Waals surface area contributed by atoms with Gasteiger partial charge in [0.15, 0.2) is 5.72 Å². The Bertz CT molecular complexity index is 455. The highest BCUT2D eigenvalue weighted by atomic mass is 16.5. The van der Waals surface area contributed by atoms with E-state index >= 15 is 0 Å². The smallest absolute Gasteiger partial charge is 0.186 e. The number of rotatable bonds is 0. The summed E-state index contributed by atoms with van der Waals surface area (Å²) in [4.78, 5) is 0. The minimum Gasteiger partial charge on any atom is -0.465 e. The second-order valence-corrected chi connectivity index (χ2v) is 6.82. The van der Waals surface area contributed by atoms with Gasteiger partial charge in [0.1, 0.15) is 5.75 Å². The lowest BCUT2D eigenvalue weighted by Crippen LogP contribution is -2.63. The largest absolute Gasteiger partial charge is 0.465 e. The predicted molar refractivity (Wildman–Crippen MR) is 70.5 cm³/mol. The van der Waals surface area contributed by atoms with Gasteiger partial charge in [-0.2, -0.15) is 0 Å². The fourth-order valence-electron chi connectivity index (χ4n) is 5.33. The summed E-state index contributed by atoms with van der Waals surface area (Å²) >= 11 is 0. The van der Waals surface area contributed by atoms with Crippen LogP contribution in [0.3, 0.4) is 0 Å². The quantitative estimate of drug-likeness (QED) is 0.748. The highest BCUT2D eigenvalue weighted by Crippen LogP contribution is 2.61. The average molecular weight is 241 g/mol. The van der Waals surface area contributed by atoms with E-state index in [1.54, 1.807) is 0 Å². The summed E-state index contributed by atoms with van der Waals surface area (Å²) in [5, 5.41) is 3.77. The van der Waals surface area contributed by atoms with Gasteiger partial charge in [0, 0.05) is 11.8 Å². The molecule has 2 heteroatoms. The molecule has 0 unspecified atom stereocenters. The Morgan fingerprint density at radius 1 is 0.944 bits per heavy atom. The molecule has 0 aromatic heterocycles. The summed E-state index contributed by atoms with van der Waals surface area (Å²) in [5.74, 6) is 4.53. The maximum Gasteiger partial charge on any atom is 0.186 e. The van der Waals surface area contributed by atoms with Crippen LogP contribution in [-0.4, -0.2) is 5.72 Å². The van der Waals surface area contributed by atoms with Crippen LogP contribution >= 0.6 is 0 Å². The Kier molecular flexibility index (Phi) is 1.64. The number of hydrogen-bond donors (Lipinski definition) is 1. The molecule has 0 radical (unpaired) electrons. The molecule has 5 aliphatic rings. The maximum atomic E-state index is 6.46. The molecular weight excluding hydrogens is 222 g/mol. The minimum absolute atomic E-state index is 0.0445. The zero-order valence-electron chi connectivity index (χ0n) is 10.6. The molecule has 1 heterocycles. The van der Waals surface area contributed by atoms with Crippen molar-refractivity contribution >= 4 is 5.69 Å². The summed E-state index contributed by atoms with van der Waals surface area (Å²) in [6, 6.07) is 8.46. The fraction of sp³-hybridized carbons (Fsp3) is 0.625. The van der Waals surface area contributed by atoms with Crippen molar-refractivity contribution in [3.63, 3.8) is 0 Å². The van der Waals surface area contributed by atoms with Gasteiger partial charge in [-0.25, -0.2) is 0 Å². The SMILES string of the molecule is c1ccc2c(c1)NC1(O2)C2CC3CC(C2)CC1C3. The first-order valence-electron chi connectivity index (χ1n) is 7.40. The van der Waals surface area contributed by atoms with Gasteiger partial charge < -0.3 is 10.1 Å². The molecule has 94 valence electrons. The number of para-hydroxylation sites is 2. The fourth-order valence-corrected chi connectivity index (χ4v) is 5.33. The summed E-state index contributed by atoms with van der Waals surface area (Å²) in [7, 11) is 0. The van der Waals surface area contributed by atoms with Crippen LogP contribution in [0.15, 0.2) is 24.3 Å². The Hall–Kier alpha value is -1.18. The molecule has 1 N–H and O–H groups in total. The van der Waals surface area contributed by atoms with E-state index in [9.17, 15) is 0 Å². The van der Waals surface area contributed by atoms with Crippen molar-refractivity contribution in [1.29, 1.82) is 0 Å². The van der Waals surface area contributed by atoms with Gasteiger partial charge in [0.05, 0.1) is 5.69 Å². The third-order valence-electron chi connectivity index (χ3n) is 5.85. The number of ether oxygens (including phenoxy) is 1. The average Bonchev–Trinajstić information content (AvgIpc) is 2.75. The Labute approximate surface area is 108 Å². The van der Waals surface area contributed by atoms with Gasteiger partial charge in [-0.3, -0.25) is 0 Å². The van der Waals surface area contributed by atoms with Crippen LogP contribution in [-0.2, 0) is 0 Å². The molecule has 4 bridgehead atoms. The van der Waals surface area contributed by atoms with Crippen LogP contribution in [0.2, 0.25) is 0 Å². The van der Waals surface area contributed by atoms with Gasteiger partial charge in [-0.15, -0.1) is 0 Å². The van der Waals surface area contributed by atoms with Crippen LogP contribution in [0.25, 0.3) is 0 Å². The van der Waals surface area contributed by atoms with E-state index in [1.807, 2.05) is 0 Å². The van der Waals surface area contributed by atoms with Gasteiger partial charge in [-0.05, 0) is 56.1 Å². The number of benzene rings is 1. The molecule has 0 amide bonds. The second-order valence-electron chi connectivity index (χ2n) is 6.82. The van der Waals surface area contributed by atoms with Crippen molar-refractivity contribution in [3.8, 4) is 5.75 Å². The first-order chi connectivity index (χ1) is 8.83. The molecular formula is C16H19NO. The third-order valence-corrected chi connectivity index (χ3v) is 5.85. The van der Waals surface area contributed by atoms with Crippen LogP contribution in [0.5, 0.6) is 5.75 Å². The van der Waals surface area contributed by atoms with Crippen molar-refractivity contribution in [2.45, 2.75) is 37.8 Å². The summed E-state index contributed by atoms with van der Waals surface area (Å²) in [5.41, 5.74) is 1.17. The van der Waals surface area contributed by atoms with Gasteiger partial charge in [-0.1, -0.05) is 12.1 Å². The van der Waals surface area contributed by atoms with E-state index in [0.29, 0.717) is 0 Å². The highest BCUT2D eigenvalue weighted by molar-refractivity contribution is 5.62. The highest BCUT2D eigenvalue weighted by Gasteiger charge is 2.61. The molecule has 0 atom stereocenters. The summed E-state index contributed by atoms with van der Waals surface area (Å²) < 4.78 is 6.46. The van der Waals surface area contributed by atoms with Crippen LogP contribution < -0.4 is 10.1 Å². The number of hydrogen-bond acceptors (Lipinski definition) is 2. The summed E-state index contributed by atoms with van der Waals surface area (Å²) in [6.45, 7) is 0. The van der Waals surface area contributed by atoms with Gasteiger partial charge >= 0.3 is 0 Å². The zero-order chi connectivity index (χ0) is 11.7. The van der Waals surface area contributed by atoms with E-state index in [-0.39, 0.29) is 5.72 Å². The van der Waals surface area contributed by atoms with Crippen molar-refractivity contribution < 1.29 is 4.74 Å². The molecule has 1 aliphatic heterocycles. The Morgan fingerprint density at radius 3 is 2.28 bits per heavy atom. The first-order valence-corrected chi connectivity index (χ1v) is 7.40. The summed E-state index contributed by atoms with van der Waals surface area (Å²) in [6.07, 6.45) is 7.03. The van der Waals surface area contributed by atoms with E-state index in [2.05, 4.69) is 29.6 Å². The van der Waals surface area contributed by atoms with Crippen LogP contribution in [0.1, 0.15) is 32.1 Å². The maximum absolute atomic E-state index is 6.46. The molecule has 4 saturated carbocycles. The number of fused-ring (bicyclic) bond motifs is 1. The lowest BCUT2D eigenvalue weighted by molar-refractivity contribution is -0.132. The molecule has 1 aromatic rings. The normalized spacial score (nSPS) is 46.9. The minimum atomic E-state index is -0.0445. The predicted octanol–water partition coefficient (Wildman–Crippen LogP) is 3.64. The zero-order valence-corrected chi connectivity index (χ0v) is 10.6. The molecule has 4 aliphatic carbocycles. The number of anilines is 1. The number of nitrogens with one attached hydrogen (secondary N) is 1. The van der Waals surface area contributed by atoms with E-state index in [0.717, 1.165) is 29.4 Å².